The summed E-state index contributed by atoms with van der Waals surface area (Å²) in [6.45, 7) is 0. The minimum Gasteiger partial charge on any atom is -0.393 e. The van der Waals surface area contributed by atoms with Crippen LogP contribution in [-0.4, -0.2) is 30.0 Å². The zero-order chi connectivity index (χ0) is 10.1. The van der Waals surface area contributed by atoms with E-state index in [9.17, 15) is 13.2 Å². The molecule has 1 rings (SSSR count). The first kappa shape index (κ1) is 10.8. The molecule has 0 bridgehead atoms. The molecule has 0 aromatic rings. The third-order valence-corrected chi connectivity index (χ3v) is 2.83. The Morgan fingerprint density at radius 2 is 1.77 bits per heavy atom. The topological polar surface area (TPSA) is 32.3 Å². The molecule has 0 spiro atoms. The molecular weight excluding hydrogens is 183 g/mol. The summed E-state index contributed by atoms with van der Waals surface area (Å²) in [6.07, 6.45) is -4.41. The van der Waals surface area contributed by atoms with Crippen LogP contribution in [0, 0.1) is 0 Å². The van der Waals surface area contributed by atoms with E-state index in [1.807, 2.05) is 0 Å². The van der Waals surface area contributed by atoms with Crippen LogP contribution >= 0.6 is 0 Å². The number of halogens is 3. The van der Waals surface area contributed by atoms with E-state index in [1.54, 1.807) is 0 Å². The van der Waals surface area contributed by atoms with Gasteiger partial charge in [-0.25, -0.2) is 0 Å². The van der Waals surface area contributed by atoms with Gasteiger partial charge in [-0.3, -0.25) is 0 Å². The summed E-state index contributed by atoms with van der Waals surface area (Å²) >= 11 is 0. The van der Waals surface area contributed by atoms with E-state index in [2.05, 4.69) is 5.32 Å². The standard InChI is InChI=1S/C8H14F3NO/c1-12-7(8(9,10)11)4-2-6(13)3-5-7/h6,12-13H,2-5H2,1H3. The molecule has 5 heteroatoms. The second kappa shape index (κ2) is 3.46. The quantitative estimate of drug-likeness (QED) is 0.666. The predicted octanol–water partition coefficient (Wildman–Crippen LogP) is 1.44. The number of hydrogen-bond donors (Lipinski definition) is 2. The number of aliphatic hydroxyl groups excluding tert-OH is 1. The zero-order valence-corrected chi connectivity index (χ0v) is 7.49. The van der Waals surface area contributed by atoms with Crippen molar-refractivity contribution in [2.24, 2.45) is 0 Å². The maximum atomic E-state index is 12.6. The molecule has 0 unspecified atom stereocenters. The largest absolute Gasteiger partial charge is 0.406 e. The molecular formula is C8H14F3NO. The lowest BCUT2D eigenvalue weighted by Gasteiger charge is -2.40. The molecule has 1 saturated carbocycles. The molecule has 0 radical (unpaired) electrons. The molecule has 0 aromatic heterocycles. The Morgan fingerprint density at radius 3 is 2.08 bits per heavy atom. The smallest absolute Gasteiger partial charge is 0.393 e. The van der Waals surface area contributed by atoms with E-state index in [0.29, 0.717) is 0 Å². The van der Waals surface area contributed by atoms with E-state index >= 15 is 0 Å². The highest BCUT2D eigenvalue weighted by molar-refractivity contribution is 4.97. The van der Waals surface area contributed by atoms with Gasteiger partial charge in [0.2, 0.25) is 0 Å². The van der Waals surface area contributed by atoms with Crippen molar-refractivity contribution in [1.82, 2.24) is 5.32 Å². The fraction of sp³-hybridized carbons (Fsp3) is 1.00. The summed E-state index contributed by atoms with van der Waals surface area (Å²) in [5, 5.41) is 11.4. The fourth-order valence-corrected chi connectivity index (χ4v) is 1.77. The van der Waals surface area contributed by atoms with Gasteiger partial charge in [0.15, 0.2) is 0 Å². The van der Waals surface area contributed by atoms with Gasteiger partial charge in [-0.1, -0.05) is 0 Å². The van der Waals surface area contributed by atoms with Crippen LogP contribution in [0.5, 0.6) is 0 Å². The van der Waals surface area contributed by atoms with Gasteiger partial charge in [0.25, 0.3) is 0 Å². The molecule has 13 heavy (non-hydrogen) atoms. The van der Waals surface area contributed by atoms with Crippen LogP contribution in [0.1, 0.15) is 25.7 Å². The zero-order valence-electron chi connectivity index (χ0n) is 7.49. The Kier molecular flexibility index (Phi) is 2.87. The van der Waals surface area contributed by atoms with Crippen LogP contribution in [0.2, 0.25) is 0 Å². The van der Waals surface area contributed by atoms with Crippen LogP contribution in [0.15, 0.2) is 0 Å². The van der Waals surface area contributed by atoms with E-state index in [1.165, 1.54) is 7.05 Å². The Labute approximate surface area is 75.1 Å². The van der Waals surface area contributed by atoms with Crippen molar-refractivity contribution in [3.63, 3.8) is 0 Å². The van der Waals surface area contributed by atoms with Crippen molar-refractivity contribution in [2.75, 3.05) is 7.05 Å². The van der Waals surface area contributed by atoms with Crippen molar-refractivity contribution in [2.45, 2.75) is 43.5 Å². The number of rotatable bonds is 1. The molecule has 1 aliphatic rings. The van der Waals surface area contributed by atoms with Crippen molar-refractivity contribution < 1.29 is 18.3 Å². The average molecular weight is 197 g/mol. The SMILES string of the molecule is CNC1(C(F)(F)F)CCC(O)CC1. The predicted molar refractivity (Wildman–Crippen MR) is 42.3 cm³/mol. The number of hydrogen-bond acceptors (Lipinski definition) is 2. The Morgan fingerprint density at radius 1 is 1.31 bits per heavy atom. The normalized spacial score (nSPS) is 36.2. The van der Waals surface area contributed by atoms with Crippen LogP contribution in [0.25, 0.3) is 0 Å². The van der Waals surface area contributed by atoms with Crippen LogP contribution in [0.3, 0.4) is 0 Å². The molecule has 0 amide bonds. The van der Waals surface area contributed by atoms with Crippen molar-refractivity contribution in [3.05, 3.63) is 0 Å². The molecule has 78 valence electrons. The van der Waals surface area contributed by atoms with Gasteiger partial charge < -0.3 is 10.4 Å². The Bertz CT molecular complexity index is 173. The molecule has 1 fully saturated rings. The second-order valence-corrected chi connectivity index (χ2v) is 3.56. The van der Waals surface area contributed by atoms with E-state index in [4.69, 9.17) is 5.11 Å². The molecule has 2 nitrogen and oxygen atoms in total. The van der Waals surface area contributed by atoms with Gasteiger partial charge in [0.1, 0.15) is 5.54 Å². The summed E-state index contributed by atoms with van der Waals surface area (Å²) < 4.78 is 37.7. The van der Waals surface area contributed by atoms with Crippen molar-refractivity contribution >= 4 is 0 Å². The highest BCUT2D eigenvalue weighted by Crippen LogP contribution is 2.41. The number of nitrogens with one attached hydrogen (secondary N) is 1. The maximum absolute atomic E-state index is 12.6. The molecule has 0 saturated heterocycles. The third-order valence-electron chi connectivity index (χ3n) is 2.83. The number of aliphatic hydroxyl groups is 1. The van der Waals surface area contributed by atoms with Crippen LogP contribution in [-0.2, 0) is 0 Å². The lowest BCUT2D eigenvalue weighted by Crippen LogP contribution is -2.57. The van der Waals surface area contributed by atoms with E-state index in [0.717, 1.165) is 0 Å². The lowest BCUT2D eigenvalue weighted by atomic mass is 9.80. The molecule has 0 heterocycles. The highest BCUT2D eigenvalue weighted by Gasteiger charge is 2.54. The summed E-state index contributed by atoms with van der Waals surface area (Å²) in [4.78, 5) is 0. The Hall–Kier alpha value is -0.290. The maximum Gasteiger partial charge on any atom is 0.406 e. The Balaban J connectivity index is 2.72. The highest BCUT2D eigenvalue weighted by atomic mass is 19.4. The molecule has 2 N–H and O–H groups in total. The summed E-state index contributed by atoms with van der Waals surface area (Å²) in [5.41, 5.74) is -1.77. The van der Waals surface area contributed by atoms with E-state index < -0.39 is 17.8 Å². The van der Waals surface area contributed by atoms with Gasteiger partial charge in [0, 0.05) is 0 Å². The number of alkyl halides is 3. The van der Waals surface area contributed by atoms with Gasteiger partial charge in [0.05, 0.1) is 6.10 Å². The first-order chi connectivity index (χ1) is 5.91. The first-order valence-electron chi connectivity index (χ1n) is 4.35. The summed E-state index contributed by atoms with van der Waals surface area (Å²) in [5.74, 6) is 0. The summed E-state index contributed by atoms with van der Waals surface area (Å²) in [6, 6.07) is 0. The average Bonchev–Trinajstić information content (AvgIpc) is 2.04. The minimum absolute atomic E-state index is 0.0336. The minimum atomic E-state index is -4.22. The monoisotopic (exact) mass is 197 g/mol. The van der Waals surface area contributed by atoms with Crippen molar-refractivity contribution in [3.8, 4) is 0 Å². The molecule has 0 aliphatic heterocycles. The molecule has 1 aliphatic carbocycles. The lowest BCUT2D eigenvalue weighted by molar-refractivity contribution is -0.207. The third kappa shape index (κ3) is 1.96. The van der Waals surface area contributed by atoms with Crippen LogP contribution < -0.4 is 5.32 Å². The second-order valence-electron chi connectivity index (χ2n) is 3.56. The van der Waals surface area contributed by atoms with Crippen molar-refractivity contribution in [1.29, 1.82) is 0 Å². The molecule has 0 atom stereocenters. The van der Waals surface area contributed by atoms with Crippen LogP contribution in [0.4, 0.5) is 13.2 Å². The molecule has 0 aromatic carbocycles. The van der Waals surface area contributed by atoms with Gasteiger partial charge >= 0.3 is 6.18 Å². The van der Waals surface area contributed by atoms with Gasteiger partial charge in [-0.05, 0) is 32.7 Å². The fourth-order valence-electron chi connectivity index (χ4n) is 1.77. The first-order valence-corrected chi connectivity index (χ1v) is 4.35. The summed E-state index contributed by atoms with van der Waals surface area (Å²) in [7, 11) is 1.32. The van der Waals surface area contributed by atoms with Gasteiger partial charge in [-0.2, -0.15) is 13.2 Å². The van der Waals surface area contributed by atoms with Gasteiger partial charge in [-0.15, -0.1) is 0 Å². The van der Waals surface area contributed by atoms with E-state index in [-0.39, 0.29) is 25.7 Å².